The molecule has 1 aliphatic rings. The van der Waals surface area contributed by atoms with Gasteiger partial charge < -0.3 is 6.92 Å². The molecular weight excluding hydrogens is 211 g/mol. The largest absolute Gasteiger partial charge is 2.00 e. The van der Waals surface area contributed by atoms with Crippen molar-refractivity contribution in [3.05, 3.63) is 31.2 Å². The topological polar surface area (TPSA) is 0 Å². The van der Waals surface area contributed by atoms with Gasteiger partial charge in [0.25, 0.3) is 0 Å². The van der Waals surface area contributed by atoms with Crippen LogP contribution in [0.3, 0.4) is 0 Å². The van der Waals surface area contributed by atoms with Crippen LogP contribution in [0, 0.1) is 18.9 Å². The molecular formula is C10H16Zr. The fourth-order valence-corrected chi connectivity index (χ4v) is 0.340. The van der Waals surface area contributed by atoms with E-state index in [4.69, 9.17) is 0 Å². The van der Waals surface area contributed by atoms with Gasteiger partial charge in [-0.25, -0.2) is 12.2 Å². The van der Waals surface area contributed by atoms with Crippen LogP contribution in [-0.4, -0.2) is 0 Å². The van der Waals surface area contributed by atoms with E-state index in [1.807, 2.05) is 12.2 Å². The molecule has 1 heteroatoms. The molecule has 0 radical (unpaired) electrons. The third-order valence-electron chi connectivity index (χ3n) is 1.16. The van der Waals surface area contributed by atoms with Crippen molar-refractivity contribution >= 4 is 0 Å². The molecule has 1 rings (SSSR count). The summed E-state index contributed by atoms with van der Waals surface area (Å²) in [6.45, 7) is 8.00. The minimum absolute atomic E-state index is 0. The zero-order valence-corrected chi connectivity index (χ0v) is 9.89. The zero-order chi connectivity index (χ0) is 7.82. The normalized spacial score (nSPS) is 12.4. The molecule has 1 aliphatic carbocycles. The molecule has 0 bridgehead atoms. The summed E-state index contributed by atoms with van der Waals surface area (Å²) < 4.78 is 0. The fourth-order valence-electron chi connectivity index (χ4n) is 0.340. The van der Waals surface area contributed by atoms with Crippen molar-refractivity contribution < 1.29 is 26.2 Å². The molecule has 0 spiro atoms. The van der Waals surface area contributed by atoms with E-state index in [2.05, 4.69) is 32.9 Å². The molecule has 0 fully saturated rings. The Kier molecular flexibility index (Phi) is 13.1. The van der Waals surface area contributed by atoms with E-state index < -0.39 is 0 Å². The van der Waals surface area contributed by atoms with Crippen LogP contribution >= 0.6 is 0 Å². The summed E-state index contributed by atoms with van der Waals surface area (Å²) in [6.07, 6.45) is 11.1. The van der Waals surface area contributed by atoms with Gasteiger partial charge in [-0.3, -0.25) is 6.08 Å². The number of hydrogen-bond donors (Lipinski definition) is 0. The molecule has 0 amide bonds. The van der Waals surface area contributed by atoms with Crippen LogP contribution in [0.25, 0.3) is 0 Å². The molecule has 60 valence electrons. The summed E-state index contributed by atoms with van der Waals surface area (Å²) >= 11 is 0. The van der Waals surface area contributed by atoms with Gasteiger partial charge in [0.2, 0.25) is 0 Å². The van der Waals surface area contributed by atoms with Crippen molar-refractivity contribution in [2.24, 2.45) is 5.92 Å². The summed E-state index contributed by atoms with van der Waals surface area (Å²) in [6, 6.07) is 0. The Bertz CT molecular complexity index is 102. The van der Waals surface area contributed by atoms with Crippen molar-refractivity contribution in [2.75, 3.05) is 0 Å². The zero-order valence-electron chi connectivity index (χ0n) is 7.43. The molecule has 0 saturated carbocycles. The molecule has 0 aromatic rings. The second-order valence-corrected chi connectivity index (χ2v) is 2.69. The number of allylic oxidation sites excluding steroid dienone is 4. The standard InChI is InChI=1S/C5H5.C5H11.Zr/c1-2-4-5-3-1;1-4-5(2)3;/h1-3H,4H2;5H,1,4H2,2-3H3;/q2*-1;+2. The predicted molar refractivity (Wildman–Crippen MR) is 46.4 cm³/mol. The maximum atomic E-state index is 3.69. The van der Waals surface area contributed by atoms with E-state index in [9.17, 15) is 0 Å². The molecule has 0 atom stereocenters. The van der Waals surface area contributed by atoms with Gasteiger partial charge in [-0.1, -0.05) is 19.8 Å². The molecule has 0 aliphatic heterocycles. The molecule has 0 N–H and O–H groups in total. The molecule has 0 unspecified atom stereocenters. The predicted octanol–water partition coefficient (Wildman–Crippen LogP) is 3.17. The minimum atomic E-state index is 0. The maximum absolute atomic E-state index is 3.69. The van der Waals surface area contributed by atoms with Crippen LogP contribution < -0.4 is 0 Å². The van der Waals surface area contributed by atoms with Crippen LogP contribution in [0.5, 0.6) is 0 Å². The van der Waals surface area contributed by atoms with Gasteiger partial charge in [-0.15, -0.1) is 6.42 Å². The first-order valence-corrected chi connectivity index (χ1v) is 3.78. The molecule has 0 saturated heterocycles. The third kappa shape index (κ3) is 13.4. The Hall–Kier alpha value is 0.363. The van der Waals surface area contributed by atoms with Crippen molar-refractivity contribution in [3.63, 3.8) is 0 Å². The van der Waals surface area contributed by atoms with Gasteiger partial charge in [-0.2, -0.15) is 12.5 Å². The van der Waals surface area contributed by atoms with Crippen molar-refractivity contribution in [3.8, 4) is 0 Å². The van der Waals surface area contributed by atoms with Gasteiger partial charge in [0.05, 0.1) is 0 Å². The third-order valence-corrected chi connectivity index (χ3v) is 1.16. The van der Waals surface area contributed by atoms with E-state index in [-0.39, 0.29) is 26.2 Å². The molecule has 11 heavy (non-hydrogen) atoms. The number of hydrogen-bond acceptors (Lipinski definition) is 0. The van der Waals surface area contributed by atoms with Gasteiger partial charge >= 0.3 is 26.2 Å². The van der Waals surface area contributed by atoms with Gasteiger partial charge in [0.1, 0.15) is 0 Å². The fraction of sp³-hybridized carbons (Fsp3) is 0.500. The van der Waals surface area contributed by atoms with Crippen molar-refractivity contribution in [1.29, 1.82) is 0 Å². The summed E-state index contributed by atoms with van der Waals surface area (Å²) in [4.78, 5) is 0. The van der Waals surface area contributed by atoms with Gasteiger partial charge in [0, 0.05) is 0 Å². The van der Waals surface area contributed by atoms with Crippen LogP contribution in [-0.2, 0) is 26.2 Å². The van der Waals surface area contributed by atoms with Gasteiger partial charge in [0.15, 0.2) is 0 Å². The average molecular weight is 227 g/mol. The first kappa shape index (κ1) is 13.9. The summed E-state index contributed by atoms with van der Waals surface area (Å²) in [7, 11) is 0. The monoisotopic (exact) mass is 226 g/mol. The first-order valence-electron chi connectivity index (χ1n) is 3.78. The van der Waals surface area contributed by atoms with E-state index in [1.54, 1.807) is 0 Å². The van der Waals surface area contributed by atoms with E-state index in [0.29, 0.717) is 0 Å². The molecule has 0 aromatic carbocycles. The van der Waals surface area contributed by atoms with Crippen molar-refractivity contribution in [2.45, 2.75) is 26.7 Å². The Morgan fingerprint density at radius 3 is 2.18 bits per heavy atom. The van der Waals surface area contributed by atoms with Gasteiger partial charge in [-0.05, 0) is 0 Å². The Morgan fingerprint density at radius 1 is 1.55 bits per heavy atom. The van der Waals surface area contributed by atoms with Crippen molar-refractivity contribution in [1.82, 2.24) is 0 Å². The maximum Gasteiger partial charge on any atom is 2.00 e. The van der Waals surface area contributed by atoms with Crippen LogP contribution in [0.1, 0.15) is 26.7 Å². The molecule has 0 heterocycles. The van der Waals surface area contributed by atoms with E-state index >= 15 is 0 Å². The molecule has 0 nitrogen and oxygen atoms in total. The quantitative estimate of drug-likeness (QED) is 0.604. The second kappa shape index (κ2) is 10.4. The Morgan fingerprint density at radius 2 is 2.09 bits per heavy atom. The SMILES string of the molecule is [C-]1=CC=CC1.[CH2-]CC(C)C.[Zr+2]. The average Bonchev–Trinajstić information content (AvgIpc) is 2.43. The summed E-state index contributed by atoms with van der Waals surface area (Å²) in [5, 5.41) is 0. The first-order chi connectivity index (χ1) is 4.77. The summed E-state index contributed by atoms with van der Waals surface area (Å²) in [5.74, 6) is 0.773. The Labute approximate surface area is 89.9 Å². The molecule has 0 aromatic heterocycles. The summed E-state index contributed by atoms with van der Waals surface area (Å²) in [5.41, 5.74) is 0. The Balaban J connectivity index is 0. The minimum Gasteiger partial charge on any atom is -0.343 e. The second-order valence-electron chi connectivity index (χ2n) is 2.69. The van der Waals surface area contributed by atoms with E-state index in [0.717, 1.165) is 18.8 Å². The van der Waals surface area contributed by atoms with Crippen LogP contribution in [0.15, 0.2) is 18.2 Å². The number of rotatable bonds is 1. The van der Waals surface area contributed by atoms with Crippen LogP contribution in [0.2, 0.25) is 0 Å². The van der Waals surface area contributed by atoms with Crippen LogP contribution in [0.4, 0.5) is 0 Å². The smallest absolute Gasteiger partial charge is 0.343 e. The van der Waals surface area contributed by atoms with E-state index in [1.165, 1.54) is 0 Å².